The summed E-state index contributed by atoms with van der Waals surface area (Å²) in [5.74, 6) is 0.191. The molecule has 3 atom stereocenters. The first-order valence-electron chi connectivity index (χ1n) is 7.04. The molecule has 1 fully saturated rings. The van der Waals surface area contributed by atoms with Crippen LogP contribution in [0.5, 0.6) is 0 Å². The Morgan fingerprint density at radius 1 is 0.900 bits per heavy atom. The molecule has 0 saturated carbocycles. The van der Waals surface area contributed by atoms with Gasteiger partial charge < -0.3 is 4.74 Å². The summed E-state index contributed by atoms with van der Waals surface area (Å²) in [5.41, 5.74) is 2.16. The summed E-state index contributed by atoms with van der Waals surface area (Å²) in [5, 5.41) is 0. The molecule has 0 aliphatic carbocycles. The largest absolute Gasteiger partial charge is 0.364 e. The highest BCUT2D eigenvalue weighted by Gasteiger charge is 2.35. The molecule has 1 aliphatic heterocycles. The number of carbonyl (C=O) groups is 1. The van der Waals surface area contributed by atoms with Crippen molar-refractivity contribution < 1.29 is 9.53 Å². The van der Waals surface area contributed by atoms with E-state index in [1.165, 1.54) is 0 Å². The van der Waals surface area contributed by atoms with Crippen molar-refractivity contribution >= 4 is 5.78 Å². The van der Waals surface area contributed by atoms with Gasteiger partial charge in [0.25, 0.3) is 0 Å². The first-order chi connectivity index (χ1) is 9.75. The van der Waals surface area contributed by atoms with Gasteiger partial charge in [0.05, 0.1) is 12.2 Å². The van der Waals surface area contributed by atoms with Crippen molar-refractivity contribution in [3.63, 3.8) is 0 Å². The van der Waals surface area contributed by atoms with E-state index in [1.54, 1.807) is 0 Å². The number of ether oxygens (including phenoxy) is 1. The van der Waals surface area contributed by atoms with Crippen molar-refractivity contribution in [2.75, 3.05) is 0 Å². The third-order valence-electron chi connectivity index (χ3n) is 3.96. The molecule has 3 rings (SSSR count). The van der Waals surface area contributed by atoms with Gasteiger partial charge in [-0.05, 0) is 11.1 Å². The zero-order valence-electron chi connectivity index (χ0n) is 11.5. The summed E-state index contributed by atoms with van der Waals surface area (Å²) in [7, 11) is 0. The molecule has 0 N–H and O–H groups in total. The van der Waals surface area contributed by atoms with Gasteiger partial charge in [0, 0.05) is 12.3 Å². The van der Waals surface area contributed by atoms with Gasteiger partial charge in [-0.15, -0.1) is 0 Å². The summed E-state index contributed by atoms with van der Waals surface area (Å²) in [6.07, 6.45) is 0.182. The summed E-state index contributed by atoms with van der Waals surface area (Å²) < 4.78 is 6.22. The maximum Gasteiger partial charge on any atom is 0.141 e. The van der Waals surface area contributed by atoms with Gasteiger partial charge in [-0.2, -0.15) is 0 Å². The second-order valence-electron chi connectivity index (χ2n) is 5.33. The minimum absolute atomic E-state index is 0.0858. The molecule has 20 heavy (non-hydrogen) atoms. The average Bonchev–Trinajstić information content (AvgIpc) is 2.51. The van der Waals surface area contributed by atoms with Gasteiger partial charge in [0.15, 0.2) is 0 Å². The highest BCUT2D eigenvalue weighted by molar-refractivity contribution is 5.82. The Kier molecular flexibility index (Phi) is 3.66. The molecule has 0 bridgehead atoms. The molecule has 1 heterocycles. The van der Waals surface area contributed by atoms with Crippen LogP contribution in [0.3, 0.4) is 0 Å². The molecule has 0 spiro atoms. The van der Waals surface area contributed by atoms with Crippen molar-refractivity contribution in [3.8, 4) is 0 Å². The topological polar surface area (TPSA) is 26.3 Å². The third-order valence-corrected chi connectivity index (χ3v) is 3.96. The van der Waals surface area contributed by atoms with Crippen molar-refractivity contribution in [2.45, 2.75) is 25.6 Å². The average molecular weight is 266 g/mol. The van der Waals surface area contributed by atoms with Gasteiger partial charge >= 0.3 is 0 Å². The first kappa shape index (κ1) is 13.1. The van der Waals surface area contributed by atoms with E-state index in [4.69, 9.17) is 4.74 Å². The molecule has 2 nitrogen and oxygen atoms in total. The predicted molar refractivity (Wildman–Crippen MR) is 78.2 cm³/mol. The van der Waals surface area contributed by atoms with Gasteiger partial charge in [0.2, 0.25) is 0 Å². The van der Waals surface area contributed by atoms with E-state index in [1.807, 2.05) is 67.6 Å². The van der Waals surface area contributed by atoms with Crippen LogP contribution < -0.4 is 0 Å². The molecular weight excluding hydrogens is 248 g/mol. The van der Waals surface area contributed by atoms with Crippen LogP contribution in [-0.4, -0.2) is 5.78 Å². The first-order valence-corrected chi connectivity index (χ1v) is 7.04. The molecular formula is C18H18O2. The molecule has 0 radical (unpaired) electrons. The van der Waals surface area contributed by atoms with Crippen LogP contribution in [0.1, 0.15) is 36.7 Å². The zero-order valence-corrected chi connectivity index (χ0v) is 11.5. The van der Waals surface area contributed by atoms with E-state index >= 15 is 0 Å². The van der Waals surface area contributed by atoms with Crippen LogP contribution in [0.2, 0.25) is 0 Å². The Balaban J connectivity index is 1.89. The Labute approximate surface area is 119 Å². The number of rotatable bonds is 2. The predicted octanol–water partition coefficient (Wildman–Crippen LogP) is 4.09. The Hall–Kier alpha value is -1.93. The molecule has 2 aromatic rings. The number of Topliss-reactive ketones (excluding diaryl/α,β-unsaturated/α-hetero) is 1. The normalized spacial score (nSPS) is 26.4. The van der Waals surface area contributed by atoms with E-state index in [-0.39, 0.29) is 23.9 Å². The maximum atomic E-state index is 12.3. The fraction of sp³-hybridized carbons (Fsp3) is 0.278. The fourth-order valence-corrected chi connectivity index (χ4v) is 2.75. The van der Waals surface area contributed by atoms with Crippen molar-refractivity contribution in [2.24, 2.45) is 5.92 Å². The van der Waals surface area contributed by atoms with Crippen molar-refractivity contribution in [3.05, 3.63) is 71.8 Å². The van der Waals surface area contributed by atoms with Crippen LogP contribution in [0, 0.1) is 5.92 Å². The molecule has 0 unspecified atom stereocenters. The molecule has 2 aromatic carbocycles. The lowest BCUT2D eigenvalue weighted by molar-refractivity contribution is -0.146. The van der Waals surface area contributed by atoms with Crippen LogP contribution in [0.25, 0.3) is 0 Å². The fourth-order valence-electron chi connectivity index (χ4n) is 2.75. The van der Waals surface area contributed by atoms with E-state index in [2.05, 4.69) is 0 Å². The lowest BCUT2D eigenvalue weighted by atomic mass is 9.86. The zero-order chi connectivity index (χ0) is 13.9. The Morgan fingerprint density at radius 2 is 1.45 bits per heavy atom. The second kappa shape index (κ2) is 5.59. The highest BCUT2D eigenvalue weighted by atomic mass is 16.5. The lowest BCUT2D eigenvalue weighted by Crippen LogP contribution is -2.31. The summed E-state index contributed by atoms with van der Waals surface area (Å²) in [6, 6.07) is 20.0. The number of benzene rings is 2. The summed E-state index contributed by atoms with van der Waals surface area (Å²) in [6.45, 7) is 1.96. The molecule has 1 saturated heterocycles. The lowest BCUT2D eigenvalue weighted by Gasteiger charge is -2.34. The number of hydrogen-bond donors (Lipinski definition) is 0. The van der Waals surface area contributed by atoms with E-state index < -0.39 is 0 Å². The Bertz CT molecular complexity index is 577. The van der Waals surface area contributed by atoms with Crippen LogP contribution in [-0.2, 0) is 9.53 Å². The summed E-state index contributed by atoms with van der Waals surface area (Å²) in [4.78, 5) is 12.3. The van der Waals surface area contributed by atoms with E-state index in [9.17, 15) is 4.79 Å². The SMILES string of the molecule is C[C@H]1C(=O)C[C@H](c2ccccc2)O[C@H]1c1ccccc1. The second-order valence-corrected chi connectivity index (χ2v) is 5.33. The van der Waals surface area contributed by atoms with E-state index in [0.29, 0.717) is 6.42 Å². The quantitative estimate of drug-likeness (QED) is 0.818. The number of hydrogen-bond acceptors (Lipinski definition) is 2. The van der Waals surface area contributed by atoms with Crippen molar-refractivity contribution in [1.82, 2.24) is 0 Å². The monoisotopic (exact) mass is 266 g/mol. The van der Waals surface area contributed by atoms with Gasteiger partial charge in [-0.3, -0.25) is 4.79 Å². The molecule has 0 amide bonds. The van der Waals surface area contributed by atoms with Crippen LogP contribution in [0.15, 0.2) is 60.7 Å². The van der Waals surface area contributed by atoms with E-state index in [0.717, 1.165) is 11.1 Å². The molecule has 2 heteroatoms. The highest BCUT2D eigenvalue weighted by Crippen LogP contribution is 2.40. The van der Waals surface area contributed by atoms with Crippen molar-refractivity contribution in [1.29, 1.82) is 0 Å². The van der Waals surface area contributed by atoms with Crippen LogP contribution >= 0.6 is 0 Å². The molecule has 102 valence electrons. The molecule has 0 aromatic heterocycles. The third kappa shape index (κ3) is 2.52. The smallest absolute Gasteiger partial charge is 0.141 e. The standard InChI is InChI=1S/C18H18O2/c1-13-16(19)12-17(14-8-4-2-5-9-14)20-18(13)15-10-6-3-7-11-15/h2-11,13,17-18H,12H2,1H3/t13-,17+,18+/m0/s1. The van der Waals surface area contributed by atoms with Gasteiger partial charge in [-0.1, -0.05) is 67.6 Å². The Morgan fingerprint density at radius 3 is 2.05 bits per heavy atom. The number of carbonyl (C=O) groups excluding carboxylic acids is 1. The minimum atomic E-state index is -0.150. The molecule has 1 aliphatic rings. The van der Waals surface area contributed by atoms with Gasteiger partial charge in [-0.25, -0.2) is 0 Å². The van der Waals surface area contributed by atoms with Crippen LogP contribution in [0.4, 0.5) is 0 Å². The van der Waals surface area contributed by atoms with Gasteiger partial charge in [0.1, 0.15) is 5.78 Å². The minimum Gasteiger partial charge on any atom is -0.364 e. The maximum absolute atomic E-state index is 12.3. The summed E-state index contributed by atoms with van der Waals surface area (Å²) >= 11 is 0. The number of ketones is 1.